The molecule has 0 aliphatic carbocycles. The second-order valence-corrected chi connectivity index (χ2v) is 8.86. The van der Waals surface area contributed by atoms with Crippen LogP contribution in [0.15, 0.2) is 18.2 Å². The summed E-state index contributed by atoms with van der Waals surface area (Å²) in [5.74, 6) is 1.70. The van der Waals surface area contributed by atoms with Gasteiger partial charge in [0, 0.05) is 18.0 Å². The van der Waals surface area contributed by atoms with Crippen molar-refractivity contribution in [3.8, 4) is 0 Å². The quantitative estimate of drug-likeness (QED) is 0.739. The normalized spacial score (nSPS) is 28.0. The SMILES string of the molecule is Cc1cccc(NC(=O)C2CCCN(CN3C(=O)NC4(CCSC4)C3=O)C2)n1. The molecule has 1 aromatic heterocycles. The molecular formula is C19H25N5O3S. The van der Waals surface area contributed by atoms with Crippen molar-refractivity contribution < 1.29 is 14.4 Å². The fourth-order valence-electron chi connectivity index (χ4n) is 4.08. The van der Waals surface area contributed by atoms with Gasteiger partial charge in [-0.05, 0) is 50.6 Å². The molecule has 3 saturated heterocycles. The third-order valence-corrected chi connectivity index (χ3v) is 6.81. The summed E-state index contributed by atoms with van der Waals surface area (Å²) in [4.78, 5) is 45.5. The van der Waals surface area contributed by atoms with Gasteiger partial charge in [0.1, 0.15) is 11.4 Å². The van der Waals surface area contributed by atoms with E-state index < -0.39 is 5.54 Å². The standard InChI is InChI=1S/C19H25N5O3S/c1-13-4-2-6-15(20-13)21-16(25)14-5-3-8-23(10-14)12-24-17(26)19(22-18(24)27)7-9-28-11-19/h2,4,6,14H,3,5,7-12H2,1H3,(H,22,27)(H,20,21,25). The molecule has 28 heavy (non-hydrogen) atoms. The third-order valence-electron chi connectivity index (χ3n) is 5.62. The van der Waals surface area contributed by atoms with E-state index in [1.165, 1.54) is 4.90 Å². The predicted molar refractivity (Wildman–Crippen MR) is 107 cm³/mol. The molecular weight excluding hydrogens is 378 g/mol. The summed E-state index contributed by atoms with van der Waals surface area (Å²) in [6.45, 7) is 3.41. The van der Waals surface area contributed by atoms with Crippen molar-refractivity contribution in [1.82, 2.24) is 20.1 Å². The van der Waals surface area contributed by atoms with Gasteiger partial charge in [-0.2, -0.15) is 11.8 Å². The van der Waals surface area contributed by atoms with Crippen molar-refractivity contribution in [2.45, 2.75) is 31.7 Å². The first-order valence-corrected chi connectivity index (χ1v) is 10.8. The van der Waals surface area contributed by atoms with E-state index in [0.717, 1.165) is 30.8 Å². The molecule has 3 fully saturated rings. The first-order chi connectivity index (χ1) is 13.5. The smallest absolute Gasteiger partial charge is 0.322 e. The zero-order valence-electron chi connectivity index (χ0n) is 15.9. The molecule has 2 N–H and O–H groups in total. The lowest BCUT2D eigenvalue weighted by atomic mass is 9.97. The zero-order chi connectivity index (χ0) is 19.7. The van der Waals surface area contributed by atoms with Gasteiger partial charge in [0.25, 0.3) is 5.91 Å². The van der Waals surface area contributed by atoms with Crippen LogP contribution < -0.4 is 10.6 Å². The number of carbonyl (C=O) groups excluding carboxylic acids is 3. The van der Waals surface area contributed by atoms with Gasteiger partial charge in [-0.1, -0.05) is 6.07 Å². The monoisotopic (exact) mass is 403 g/mol. The summed E-state index contributed by atoms with van der Waals surface area (Å²) < 4.78 is 0. The minimum atomic E-state index is -0.717. The number of rotatable bonds is 4. The molecule has 9 heteroatoms. The molecule has 0 aromatic carbocycles. The fraction of sp³-hybridized carbons (Fsp3) is 0.579. The molecule has 3 aliphatic rings. The van der Waals surface area contributed by atoms with Crippen molar-refractivity contribution in [2.24, 2.45) is 5.92 Å². The summed E-state index contributed by atoms with van der Waals surface area (Å²) in [7, 11) is 0. The number of imide groups is 1. The summed E-state index contributed by atoms with van der Waals surface area (Å²) in [5.41, 5.74) is 0.131. The van der Waals surface area contributed by atoms with Crippen LogP contribution in [-0.4, -0.2) is 69.4 Å². The summed E-state index contributed by atoms with van der Waals surface area (Å²) in [6, 6.07) is 5.20. The van der Waals surface area contributed by atoms with Crippen molar-refractivity contribution in [3.05, 3.63) is 23.9 Å². The second-order valence-electron chi connectivity index (χ2n) is 7.76. The number of urea groups is 1. The lowest BCUT2D eigenvalue weighted by Crippen LogP contribution is -2.49. The van der Waals surface area contributed by atoms with Crippen LogP contribution >= 0.6 is 11.8 Å². The average Bonchev–Trinajstić information content (AvgIpc) is 3.23. The molecule has 3 aliphatic heterocycles. The van der Waals surface area contributed by atoms with Crippen LogP contribution in [-0.2, 0) is 9.59 Å². The van der Waals surface area contributed by atoms with E-state index in [4.69, 9.17) is 0 Å². The number of thioether (sulfide) groups is 1. The number of aryl methyl sites for hydroxylation is 1. The number of nitrogens with zero attached hydrogens (tertiary/aromatic N) is 3. The molecule has 0 saturated carbocycles. The van der Waals surface area contributed by atoms with Crippen LogP contribution in [0.2, 0.25) is 0 Å². The number of anilines is 1. The van der Waals surface area contributed by atoms with E-state index in [2.05, 4.69) is 15.6 Å². The van der Waals surface area contributed by atoms with E-state index in [0.29, 0.717) is 24.5 Å². The van der Waals surface area contributed by atoms with Crippen molar-refractivity contribution >= 4 is 35.4 Å². The molecule has 0 radical (unpaired) electrons. The van der Waals surface area contributed by atoms with Gasteiger partial charge in [0.15, 0.2) is 0 Å². The first kappa shape index (κ1) is 19.2. The van der Waals surface area contributed by atoms with E-state index in [-0.39, 0.29) is 30.4 Å². The maximum Gasteiger partial charge on any atom is 0.326 e. The molecule has 4 rings (SSSR count). The average molecular weight is 404 g/mol. The van der Waals surface area contributed by atoms with Gasteiger partial charge in [-0.3, -0.25) is 14.5 Å². The Kier molecular flexibility index (Phi) is 5.29. The molecule has 150 valence electrons. The fourth-order valence-corrected chi connectivity index (χ4v) is 5.40. The van der Waals surface area contributed by atoms with Crippen LogP contribution in [0.25, 0.3) is 0 Å². The number of piperidine rings is 1. The van der Waals surface area contributed by atoms with Gasteiger partial charge in [-0.25, -0.2) is 14.7 Å². The van der Waals surface area contributed by atoms with Crippen LogP contribution in [0.5, 0.6) is 0 Å². The lowest BCUT2D eigenvalue weighted by molar-refractivity contribution is -0.132. The zero-order valence-corrected chi connectivity index (χ0v) is 16.8. The maximum absolute atomic E-state index is 12.8. The highest BCUT2D eigenvalue weighted by Crippen LogP contribution is 2.33. The summed E-state index contributed by atoms with van der Waals surface area (Å²) in [6.07, 6.45) is 2.33. The van der Waals surface area contributed by atoms with E-state index >= 15 is 0 Å². The number of hydrogen-bond donors (Lipinski definition) is 2. The van der Waals surface area contributed by atoms with E-state index in [9.17, 15) is 14.4 Å². The number of likely N-dealkylation sites (tertiary alicyclic amines) is 1. The Morgan fingerprint density at radius 2 is 2.29 bits per heavy atom. The summed E-state index contributed by atoms with van der Waals surface area (Å²) >= 11 is 1.70. The number of pyridine rings is 1. The van der Waals surface area contributed by atoms with Gasteiger partial charge < -0.3 is 10.6 Å². The lowest BCUT2D eigenvalue weighted by Gasteiger charge is -2.33. The Bertz CT molecular complexity index is 796. The molecule has 8 nitrogen and oxygen atoms in total. The number of amides is 4. The molecule has 4 heterocycles. The highest BCUT2D eigenvalue weighted by Gasteiger charge is 2.53. The maximum atomic E-state index is 12.8. The predicted octanol–water partition coefficient (Wildman–Crippen LogP) is 1.43. The Labute approximate surface area is 168 Å². The van der Waals surface area contributed by atoms with E-state index in [1.54, 1.807) is 17.8 Å². The Balaban J connectivity index is 1.37. The number of aromatic nitrogens is 1. The van der Waals surface area contributed by atoms with Gasteiger partial charge in [0.2, 0.25) is 5.91 Å². The molecule has 2 atom stereocenters. The minimum absolute atomic E-state index is 0.0661. The van der Waals surface area contributed by atoms with Gasteiger partial charge in [-0.15, -0.1) is 0 Å². The van der Waals surface area contributed by atoms with Crippen LogP contribution in [0.1, 0.15) is 25.0 Å². The first-order valence-electron chi connectivity index (χ1n) is 9.66. The molecule has 0 bridgehead atoms. The second kappa shape index (κ2) is 7.71. The highest BCUT2D eigenvalue weighted by atomic mass is 32.2. The number of carbonyl (C=O) groups is 3. The van der Waals surface area contributed by atoms with Crippen molar-refractivity contribution in [1.29, 1.82) is 0 Å². The van der Waals surface area contributed by atoms with Gasteiger partial charge in [0.05, 0.1) is 12.6 Å². The number of hydrogen-bond acceptors (Lipinski definition) is 6. The van der Waals surface area contributed by atoms with Crippen LogP contribution in [0.3, 0.4) is 0 Å². The van der Waals surface area contributed by atoms with Crippen molar-refractivity contribution in [3.63, 3.8) is 0 Å². The van der Waals surface area contributed by atoms with Crippen LogP contribution in [0, 0.1) is 12.8 Å². The minimum Gasteiger partial charge on any atom is -0.322 e. The van der Waals surface area contributed by atoms with Crippen molar-refractivity contribution in [2.75, 3.05) is 36.6 Å². The molecule has 4 amide bonds. The molecule has 1 spiro atoms. The van der Waals surface area contributed by atoms with Crippen LogP contribution in [0.4, 0.5) is 10.6 Å². The largest absolute Gasteiger partial charge is 0.326 e. The molecule has 2 unspecified atom stereocenters. The highest BCUT2D eigenvalue weighted by molar-refractivity contribution is 7.99. The van der Waals surface area contributed by atoms with E-state index in [1.807, 2.05) is 24.0 Å². The third kappa shape index (κ3) is 3.73. The Morgan fingerprint density at radius 3 is 3.04 bits per heavy atom. The molecule has 1 aromatic rings. The topological polar surface area (TPSA) is 94.6 Å². The van der Waals surface area contributed by atoms with Gasteiger partial charge >= 0.3 is 6.03 Å². The summed E-state index contributed by atoms with van der Waals surface area (Å²) in [5, 5.41) is 5.78. The Morgan fingerprint density at radius 1 is 1.43 bits per heavy atom. The Hall–Kier alpha value is -2.13. The number of nitrogens with one attached hydrogen (secondary N) is 2.